The molecule has 1 aliphatic heterocycles. The maximum absolute atomic E-state index is 11.9. The van der Waals surface area contributed by atoms with Crippen molar-refractivity contribution in [3.8, 4) is 0 Å². The number of amides is 3. The molecule has 1 atom stereocenters. The summed E-state index contributed by atoms with van der Waals surface area (Å²) < 4.78 is 0. The van der Waals surface area contributed by atoms with Gasteiger partial charge in [0.05, 0.1) is 5.02 Å². The van der Waals surface area contributed by atoms with Gasteiger partial charge in [-0.2, -0.15) is 0 Å². The highest BCUT2D eigenvalue weighted by Crippen LogP contribution is 2.12. The first kappa shape index (κ1) is 13.7. The fourth-order valence-corrected chi connectivity index (χ4v) is 2.25. The molecule has 0 aromatic carbocycles. The third kappa shape index (κ3) is 3.41. The van der Waals surface area contributed by atoms with E-state index in [1.807, 2.05) is 6.92 Å². The normalized spacial score (nSPS) is 18.4. The van der Waals surface area contributed by atoms with Gasteiger partial charge >= 0.3 is 6.03 Å². The molecule has 19 heavy (non-hydrogen) atoms. The Hall–Kier alpha value is -1.69. The van der Waals surface area contributed by atoms with E-state index >= 15 is 0 Å². The maximum atomic E-state index is 11.9. The van der Waals surface area contributed by atoms with E-state index < -0.39 is 0 Å². The van der Waals surface area contributed by atoms with E-state index in [1.165, 1.54) is 0 Å². The molecule has 1 fully saturated rings. The van der Waals surface area contributed by atoms with Crippen LogP contribution in [0, 0.1) is 0 Å². The van der Waals surface area contributed by atoms with Crippen LogP contribution in [-0.4, -0.2) is 47.5 Å². The largest absolute Gasteiger partial charge is 0.356 e. The second-order valence-electron chi connectivity index (χ2n) is 4.47. The Balaban J connectivity index is 1.85. The van der Waals surface area contributed by atoms with Gasteiger partial charge in [-0.25, -0.2) is 4.79 Å². The molecule has 6 nitrogen and oxygen atoms in total. The number of aromatic amines is 1. The van der Waals surface area contributed by atoms with Crippen LogP contribution < -0.4 is 10.6 Å². The summed E-state index contributed by atoms with van der Waals surface area (Å²) in [6, 6.07) is 1.48. The molecule has 0 bridgehead atoms. The lowest BCUT2D eigenvalue weighted by atomic mass is 10.2. The molecule has 0 saturated carbocycles. The number of carbonyl (C=O) groups is 2. The number of halogens is 1. The van der Waals surface area contributed by atoms with E-state index in [9.17, 15) is 9.59 Å². The Labute approximate surface area is 116 Å². The van der Waals surface area contributed by atoms with Gasteiger partial charge in [-0.15, -0.1) is 0 Å². The number of nitrogens with zero attached hydrogens (tertiary/aromatic N) is 1. The summed E-state index contributed by atoms with van der Waals surface area (Å²) in [6.45, 7) is 3.67. The number of nitrogens with one attached hydrogen (secondary N) is 3. The Morgan fingerprint density at radius 3 is 3.00 bits per heavy atom. The van der Waals surface area contributed by atoms with E-state index in [0.29, 0.717) is 30.4 Å². The Morgan fingerprint density at radius 2 is 2.37 bits per heavy atom. The van der Waals surface area contributed by atoms with Crippen molar-refractivity contribution in [2.75, 3.05) is 19.6 Å². The highest BCUT2D eigenvalue weighted by molar-refractivity contribution is 6.30. The summed E-state index contributed by atoms with van der Waals surface area (Å²) in [4.78, 5) is 28.0. The fourth-order valence-electron chi connectivity index (χ4n) is 2.09. The van der Waals surface area contributed by atoms with Gasteiger partial charge in [-0.1, -0.05) is 11.6 Å². The number of H-pyrrole nitrogens is 1. The van der Waals surface area contributed by atoms with E-state index in [-0.39, 0.29) is 18.0 Å². The van der Waals surface area contributed by atoms with Crippen LogP contribution in [0.2, 0.25) is 5.02 Å². The molecule has 104 valence electrons. The van der Waals surface area contributed by atoms with Crippen LogP contribution in [0.25, 0.3) is 0 Å². The first-order chi connectivity index (χ1) is 9.10. The molecule has 1 aliphatic rings. The molecule has 0 radical (unpaired) electrons. The minimum absolute atomic E-state index is 0.0165. The van der Waals surface area contributed by atoms with Gasteiger partial charge in [0.1, 0.15) is 5.69 Å². The molecule has 1 saturated heterocycles. The van der Waals surface area contributed by atoms with Gasteiger partial charge in [-0.05, 0) is 19.4 Å². The van der Waals surface area contributed by atoms with Crippen LogP contribution in [-0.2, 0) is 0 Å². The van der Waals surface area contributed by atoms with Gasteiger partial charge in [-0.3, -0.25) is 4.79 Å². The third-order valence-electron chi connectivity index (χ3n) is 3.03. The van der Waals surface area contributed by atoms with Crippen LogP contribution in [0.3, 0.4) is 0 Å². The summed E-state index contributed by atoms with van der Waals surface area (Å²) in [5, 5.41) is 6.13. The summed E-state index contributed by atoms with van der Waals surface area (Å²) in [5.41, 5.74) is 0.432. The van der Waals surface area contributed by atoms with Crippen molar-refractivity contribution in [1.82, 2.24) is 20.5 Å². The molecule has 3 amide bonds. The van der Waals surface area contributed by atoms with Gasteiger partial charge in [0.2, 0.25) is 0 Å². The molecule has 2 rings (SSSR count). The minimum Gasteiger partial charge on any atom is -0.356 e. The number of hydrogen-bond donors (Lipinski definition) is 3. The van der Waals surface area contributed by atoms with E-state index in [0.717, 1.165) is 6.42 Å². The zero-order chi connectivity index (χ0) is 13.8. The number of carbonyl (C=O) groups excluding carboxylic acids is 2. The lowest BCUT2D eigenvalue weighted by molar-refractivity contribution is 0.0933. The zero-order valence-corrected chi connectivity index (χ0v) is 11.5. The molecule has 0 spiro atoms. The van der Waals surface area contributed by atoms with Crippen molar-refractivity contribution in [2.45, 2.75) is 19.4 Å². The number of aromatic nitrogens is 1. The number of rotatable bonds is 3. The first-order valence-corrected chi connectivity index (χ1v) is 6.65. The van der Waals surface area contributed by atoms with Crippen LogP contribution in [0.1, 0.15) is 23.8 Å². The van der Waals surface area contributed by atoms with Crippen molar-refractivity contribution in [3.63, 3.8) is 0 Å². The quantitative estimate of drug-likeness (QED) is 0.780. The molecule has 0 aliphatic carbocycles. The van der Waals surface area contributed by atoms with Crippen molar-refractivity contribution in [1.29, 1.82) is 0 Å². The highest BCUT2D eigenvalue weighted by Gasteiger charge is 2.27. The van der Waals surface area contributed by atoms with Crippen molar-refractivity contribution in [2.24, 2.45) is 0 Å². The van der Waals surface area contributed by atoms with Gasteiger partial charge in [0.15, 0.2) is 0 Å². The second kappa shape index (κ2) is 5.97. The first-order valence-electron chi connectivity index (χ1n) is 6.27. The summed E-state index contributed by atoms with van der Waals surface area (Å²) in [7, 11) is 0. The molecular weight excluding hydrogens is 268 g/mol. The van der Waals surface area contributed by atoms with E-state index in [2.05, 4.69) is 15.6 Å². The molecule has 2 heterocycles. The Bertz CT molecular complexity index is 474. The molecule has 1 aromatic heterocycles. The predicted octanol–water partition coefficient (Wildman–Crippen LogP) is 1.20. The third-order valence-corrected chi connectivity index (χ3v) is 3.25. The van der Waals surface area contributed by atoms with Gasteiger partial charge < -0.3 is 20.5 Å². The van der Waals surface area contributed by atoms with Crippen molar-refractivity contribution in [3.05, 3.63) is 23.0 Å². The predicted molar refractivity (Wildman–Crippen MR) is 72.3 cm³/mol. The van der Waals surface area contributed by atoms with Crippen molar-refractivity contribution < 1.29 is 9.59 Å². The van der Waals surface area contributed by atoms with Crippen LogP contribution >= 0.6 is 11.6 Å². The lowest BCUT2D eigenvalue weighted by Crippen LogP contribution is -2.42. The SMILES string of the molecule is CCNC(=O)N1CC[C@H](NC(=O)c2cc(Cl)c[nH]2)C1. The number of likely N-dealkylation sites (tertiary alicyclic amines) is 1. The lowest BCUT2D eigenvalue weighted by Gasteiger charge is -2.17. The second-order valence-corrected chi connectivity index (χ2v) is 4.91. The number of hydrogen-bond acceptors (Lipinski definition) is 2. The average Bonchev–Trinajstić information content (AvgIpc) is 2.98. The maximum Gasteiger partial charge on any atom is 0.317 e. The minimum atomic E-state index is -0.199. The van der Waals surface area contributed by atoms with Crippen LogP contribution in [0.4, 0.5) is 4.79 Å². The molecule has 0 unspecified atom stereocenters. The van der Waals surface area contributed by atoms with E-state index in [4.69, 9.17) is 11.6 Å². The standard InChI is InChI=1S/C12H17ClN4O2/c1-2-14-12(19)17-4-3-9(7-17)16-11(18)10-5-8(13)6-15-10/h5-6,9,15H,2-4,7H2,1H3,(H,14,19)(H,16,18)/t9-/m0/s1. The van der Waals surface area contributed by atoms with Gasteiger partial charge in [0.25, 0.3) is 5.91 Å². The topological polar surface area (TPSA) is 77.2 Å². The molecule has 3 N–H and O–H groups in total. The smallest absolute Gasteiger partial charge is 0.317 e. The molecule has 7 heteroatoms. The van der Waals surface area contributed by atoms with Crippen LogP contribution in [0.15, 0.2) is 12.3 Å². The molecular formula is C12H17ClN4O2. The summed E-state index contributed by atoms with van der Waals surface area (Å²) >= 11 is 5.75. The monoisotopic (exact) mass is 284 g/mol. The summed E-state index contributed by atoms with van der Waals surface area (Å²) in [6.07, 6.45) is 2.32. The average molecular weight is 285 g/mol. The zero-order valence-electron chi connectivity index (χ0n) is 10.7. The summed E-state index contributed by atoms with van der Waals surface area (Å²) in [5.74, 6) is -0.199. The van der Waals surface area contributed by atoms with Crippen molar-refractivity contribution >= 4 is 23.5 Å². The molecule has 1 aromatic rings. The fraction of sp³-hybridized carbons (Fsp3) is 0.500. The number of urea groups is 1. The Morgan fingerprint density at radius 1 is 1.58 bits per heavy atom. The van der Waals surface area contributed by atoms with E-state index in [1.54, 1.807) is 17.2 Å². The Kier molecular flexibility index (Phi) is 4.31. The van der Waals surface area contributed by atoms with Crippen LogP contribution in [0.5, 0.6) is 0 Å². The van der Waals surface area contributed by atoms with Gasteiger partial charge in [0, 0.05) is 31.9 Å². The highest BCUT2D eigenvalue weighted by atomic mass is 35.5.